The molecule has 2 aromatic carbocycles. The molecule has 3 aromatic rings. The van der Waals surface area contributed by atoms with Crippen LogP contribution in [0.4, 0.5) is 4.39 Å². The third-order valence-corrected chi connectivity index (χ3v) is 5.93. The molecule has 0 fully saturated rings. The van der Waals surface area contributed by atoms with Gasteiger partial charge in [0.2, 0.25) is 5.56 Å². The second-order valence-electron chi connectivity index (χ2n) is 8.21. The van der Waals surface area contributed by atoms with E-state index in [4.69, 9.17) is 21.4 Å². The SMILES string of the molecule is Cc1cc(Cl)ccc1C(C/C(=N/O)c1ccc(=O)n(C)c1)c1ccc(OCCCC(=O)O)c(F)c1. The van der Waals surface area contributed by atoms with Gasteiger partial charge >= 0.3 is 5.97 Å². The molecule has 2 N–H and O–H groups in total. The lowest BCUT2D eigenvalue weighted by molar-refractivity contribution is -0.137. The molecule has 1 atom stereocenters. The fraction of sp³-hybridized carbons (Fsp3) is 0.269. The van der Waals surface area contributed by atoms with E-state index < -0.39 is 17.7 Å². The van der Waals surface area contributed by atoms with Gasteiger partial charge in [-0.3, -0.25) is 9.59 Å². The molecule has 184 valence electrons. The summed E-state index contributed by atoms with van der Waals surface area (Å²) in [5, 5.41) is 22.6. The molecular formula is C26H26ClFN2O5. The molecular weight excluding hydrogens is 475 g/mol. The van der Waals surface area contributed by atoms with Crippen molar-refractivity contribution in [2.75, 3.05) is 6.61 Å². The summed E-state index contributed by atoms with van der Waals surface area (Å²) in [5.74, 6) is -1.89. The summed E-state index contributed by atoms with van der Waals surface area (Å²) in [6, 6.07) is 13.0. The van der Waals surface area contributed by atoms with Crippen molar-refractivity contribution in [3.8, 4) is 5.75 Å². The van der Waals surface area contributed by atoms with E-state index in [0.717, 1.165) is 11.1 Å². The highest BCUT2D eigenvalue weighted by molar-refractivity contribution is 6.30. The number of aryl methyl sites for hydroxylation is 2. The van der Waals surface area contributed by atoms with Crippen LogP contribution in [0.1, 0.15) is 47.4 Å². The number of carboxylic acids is 1. The molecule has 35 heavy (non-hydrogen) atoms. The van der Waals surface area contributed by atoms with Gasteiger partial charge in [-0.1, -0.05) is 28.9 Å². The van der Waals surface area contributed by atoms with Gasteiger partial charge in [-0.05, 0) is 60.4 Å². The maximum atomic E-state index is 14.9. The van der Waals surface area contributed by atoms with Gasteiger partial charge in [0.25, 0.3) is 0 Å². The molecule has 1 unspecified atom stereocenters. The molecule has 0 aliphatic rings. The number of pyridine rings is 1. The van der Waals surface area contributed by atoms with Crippen LogP contribution >= 0.6 is 11.6 Å². The summed E-state index contributed by atoms with van der Waals surface area (Å²) in [7, 11) is 1.60. The van der Waals surface area contributed by atoms with E-state index in [1.54, 1.807) is 31.4 Å². The Hall–Kier alpha value is -3.65. The fourth-order valence-electron chi connectivity index (χ4n) is 3.87. The number of aliphatic carboxylic acids is 1. The van der Waals surface area contributed by atoms with Crippen LogP contribution in [0.15, 0.2) is 64.7 Å². The molecule has 0 aliphatic carbocycles. The van der Waals surface area contributed by atoms with Crippen LogP contribution < -0.4 is 10.3 Å². The third kappa shape index (κ3) is 6.70. The Morgan fingerprint density at radius 2 is 1.97 bits per heavy atom. The lowest BCUT2D eigenvalue weighted by atomic mass is 9.83. The number of ether oxygens (including phenoxy) is 1. The first-order chi connectivity index (χ1) is 16.7. The first-order valence-electron chi connectivity index (χ1n) is 11.0. The fourth-order valence-corrected chi connectivity index (χ4v) is 4.09. The predicted octanol–water partition coefficient (Wildman–Crippen LogP) is 5.13. The zero-order chi connectivity index (χ0) is 25.5. The Morgan fingerprint density at radius 3 is 2.60 bits per heavy atom. The van der Waals surface area contributed by atoms with Crippen LogP contribution in [0.25, 0.3) is 0 Å². The van der Waals surface area contributed by atoms with E-state index >= 15 is 0 Å². The summed E-state index contributed by atoms with van der Waals surface area (Å²) >= 11 is 6.15. The molecule has 3 rings (SSSR count). The molecule has 9 heteroatoms. The topological polar surface area (TPSA) is 101 Å². The van der Waals surface area contributed by atoms with Gasteiger partial charge in [0, 0.05) is 48.7 Å². The van der Waals surface area contributed by atoms with Crippen molar-refractivity contribution in [2.24, 2.45) is 12.2 Å². The van der Waals surface area contributed by atoms with E-state index in [1.807, 2.05) is 19.1 Å². The van der Waals surface area contributed by atoms with Gasteiger partial charge in [-0.15, -0.1) is 0 Å². The Balaban J connectivity index is 1.96. The minimum atomic E-state index is -0.939. The molecule has 0 bridgehead atoms. The summed E-state index contributed by atoms with van der Waals surface area (Å²) < 4.78 is 21.7. The second kappa shape index (κ2) is 11.7. The van der Waals surface area contributed by atoms with Crippen molar-refractivity contribution in [1.29, 1.82) is 0 Å². The zero-order valence-corrected chi connectivity index (χ0v) is 20.1. The highest BCUT2D eigenvalue weighted by atomic mass is 35.5. The molecule has 1 aromatic heterocycles. The number of benzene rings is 2. The number of oxime groups is 1. The van der Waals surface area contributed by atoms with Gasteiger partial charge in [0.05, 0.1) is 12.3 Å². The summed E-state index contributed by atoms with van der Waals surface area (Å²) in [6.45, 7) is 1.98. The standard InChI is InChI=1S/C26H26ClFN2O5/c1-16-12-19(27)7-8-20(16)21(14-23(29-34)18-6-10-25(31)30(2)15-18)17-5-9-24(22(28)13-17)35-11-3-4-26(32)33/h5-10,12-13,15,21,34H,3-4,11,14H2,1-2H3,(H,32,33)/b29-23-. The molecule has 0 radical (unpaired) electrons. The summed E-state index contributed by atoms with van der Waals surface area (Å²) in [6.07, 6.45) is 2.00. The monoisotopic (exact) mass is 500 g/mol. The van der Waals surface area contributed by atoms with Crippen molar-refractivity contribution in [3.05, 3.63) is 98.2 Å². The molecule has 0 aliphatic heterocycles. The number of nitrogens with zero attached hydrogens (tertiary/aromatic N) is 2. The Labute approximate surface area is 207 Å². The van der Waals surface area contributed by atoms with Crippen LogP contribution in [0, 0.1) is 12.7 Å². The lowest BCUT2D eigenvalue weighted by Crippen LogP contribution is -2.18. The van der Waals surface area contributed by atoms with E-state index in [9.17, 15) is 19.2 Å². The van der Waals surface area contributed by atoms with Crippen molar-refractivity contribution in [1.82, 2.24) is 4.57 Å². The van der Waals surface area contributed by atoms with Gasteiger partial charge < -0.3 is 19.6 Å². The number of carboxylic acid groups (broad SMARTS) is 1. The zero-order valence-electron chi connectivity index (χ0n) is 19.4. The molecule has 7 nitrogen and oxygen atoms in total. The van der Waals surface area contributed by atoms with Crippen LogP contribution in [0.3, 0.4) is 0 Å². The Bertz CT molecular complexity index is 1310. The number of carbonyl (C=O) groups is 1. The van der Waals surface area contributed by atoms with Crippen molar-refractivity contribution >= 4 is 23.3 Å². The highest BCUT2D eigenvalue weighted by Gasteiger charge is 2.22. The average Bonchev–Trinajstić information content (AvgIpc) is 2.81. The molecule has 0 amide bonds. The maximum absolute atomic E-state index is 14.9. The van der Waals surface area contributed by atoms with E-state index in [0.29, 0.717) is 21.9 Å². The van der Waals surface area contributed by atoms with Crippen molar-refractivity contribution in [3.63, 3.8) is 0 Å². The second-order valence-corrected chi connectivity index (χ2v) is 8.64. The number of aromatic nitrogens is 1. The van der Waals surface area contributed by atoms with Gasteiger partial charge in [0.15, 0.2) is 11.6 Å². The Morgan fingerprint density at radius 1 is 1.20 bits per heavy atom. The maximum Gasteiger partial charge on any atom is 0.303 e. The van der Waals surface area contributed by atoms with Gasteiger partial charge in [-0.2, -0.15) is 0 Å². The molecule has 0 spiro atoms. The average molecular weight is 501 g/mol. The number of halogens is 2. The summed E-state index contributed by atoms with van der Waals surface area (Å²) in [4.78, 5) is 22.4. The molecule has 0 saturated carbocycles. The Kier molecular flexibility index (Phi) is 8.65. The molecule has 1 heterocycles. The van der Waals surface area contributed by atoms with E-state index in [2.05, 4.69) is 5.16 Å². The van der Waals surface area contributed by atoms with Crippen LogP contribution in [-0.4, -0.2) is 33.2 Å². The normalized spacial score (nSPS) is 12.4. The van der Waals surface area contributed by atoms with Crippen LogP contribution in [0.2, 0.25) is 5.02 Å². The third-order valence-electron chi connectivity index (χ3n) is 5.70. The van der Waals surface area contributed by atoms with Crippen molar-refractivity contribution in [2.45, 2.75) is 32.1 Å². The van der Waals surface area contributed by atoms with Gasteiger partial charge in [0.1, 0.15) is 0 Å². The lowest BCUT2D eigenvalue weighted by Gasteiger charge is -2.22. The van der Waals surface area contributed by atoms with E-state index in [-0.39, 0.29) is 37.2 Å². The quantitative estimate of drug-likeness (QED) is 0.174. The van der Waals surface area contributed by atoms with Crippen molar-refractivity contribution < 1.29 is 24.2 Å². The predicted molar refractivity (Wildman–Crippen MR) is 131 cm³/mol. The largest absolute Gasteiger partial charge is 0.491 e. The molecule has 0 saturated heterocycles. The van der Waals surface area contributed by atoms with E-state index in [1.165, 1.54) is 22.8 Å². The smallest absolute Gasteiger partial charge is 0.303 e. The van der Waals surface area contributed by atoms with Gasteiger partial charge in [-0.25, -0.2) is 4.39 Å². The van der Waals surface area contributed by atoms with Crippen LogP contribution in [-0.2, 0) is 11.8 Å². The number of hydrogen-bond acceptors (Lipinski definition) is 5. The number of rotatable bonds is 10. The minimum absolute atomic E-state index is 0.0276. The highest BCUT2D eigenvalue weighted by Crippen LogP contribution is 2.35. The first kappa shape index (κ1) is 26.0. The number of hydrogen-bond donors (Lipinski definition) is 2. The first-order valence-corrected chi connectivity index (χ1v) is 11.4. The summed E-state index contributed by atoms with van der Waals surface area (Å²) in [5.41, 5.74) is 3.07. The minimum Gasteiger partial charge on any atom is -0.491 e. The van der Waals surface area contributed by atoms with Crippen LogP contribution in [0.5, 0.6) is 5.75 Å².